The van der Waals surface area contributed by atoms with Gasteiger partial charge in [-0.3, -0.25) is 19.3 Å². The van der Waals surface area contributed by atoms with Crippen molar-refractivity contribution >= 4 is 40.6 Å². The van der Waals surface area contributed by atoms with Gasteiger partial charge in [0.25, 0.3) is 11.1 Å². The number of nitrogens with one attached hydrogen (secondary N) is 1. The van der Waals surface area contributed by atoms with Crippen LogP contribution in [-0.4, -0.2) is 42.2 Å². The number of halogens is 1. The van der Waals surface area contributed by atoms with Gasteiger partial charge >= 0.3 is 0 Å². The summed E-state index contributed by atoms with van der Waals surface area (Å²) in [6.07, 6.45) is 1.57. The molecule has 0 aliphatic carbocycles. The summed E-state index contributed by atoms with van der Waals surface area (Å²) in [6, 6.07) is 17.8. The number of hydrogen-bond donors (Lipinski definition) is 1. The van der Waals surface area contributed by atoms with Crippen molar-refractivity contribution in [2.75, 3.05) is 25.6 Å². The average Bonchev–Trinajstić information content (AvgIpc) is 3.17. The Hall–Kier alpha value is -4.31. The van der Waals surface area contributed by atoms with Crippen LogP contribution in [0.2, 0.25) is 0 Å². The minimum atomic E-state index is -0.556. The fourth-order valence-corrected chi connectivity index (χ4v) is 4.39. The van der Waals surface area contributed by atoms with Crippen LogP contribution in [-0.2, 0) is 16.2 Å². The van der Waals surface area contributed by atoms with Gasteiger partial charge in [0.2, 0.25) is 5.91 Å². The minimum Gasteiger partial charge on any atom is -0.497 e. The number of nitrogens with zero attached hydrogens (tertiary/aromatic N) is 1. The molecule has 0 unspecified atom stereocenters. The smallest absolute Gasteiger partial charge is 0.294 e. The van der Waals surface area contributed by atoms with E-state index in [1.807, 2.05) is 6.92 Å². The van der Waals surface area contributed by atoms with Crippen molar-refractivity contribution in [3.05, 3.63) is 88.6 Å². The topological polar surface area (TPSA) is 94.2 Å². The quantitative estimate of drug-likeness (QED) is 0.343. The lowest BCUT2D eigenvalue weighted by atomic mass is 10.1. The summed E-state index contributed by atoms with van der Waals surface area (Å²) in [5.74, 6) is 0.201. The molecule has 10 heteroatoms. The molecule has 0 atom stereocenters. The molecule has 1 aliphatic rings. The van der Waals surface area contributed by atoms with Gasteiger partial charge < -0.3 is 19.5 Å². The summed E-state index contributed by atoms with van der Waals surface area (Å²) in [4.78, 5) is 38.9. The number of thioether (sulfide) groups is 1. The second kappa shape index (κ2) is 12.3. The van der Waals surface area contributed by atoms with Crippen molar-refractivity contribution in [2.24, 2.45) is 0 Å². The summed E-state index contributed by atoms with van der Waals surface area (Å²) in [7, 11) is 1.54. The van der Waals surface area contributed by atoms with Crippen LogP contribution < -0.4 is 19.5 Å². The predicted octanol–water partition coefficient (Wildman–Crippen LogP) is 5.49. The summed E-state index contributed by atoms with van der Waals surface area (Å²) in [5, 5.41) is 2.13. The normalized spacial score (nSPS) is 14.1. The Labute approximate surface area is 223 Å². The number of ether oxygens (including phenoxy) is 3. The average molecular weight is 537 g/mol. The molecule has 0 saturated carbocycles. The third-order valence-electron chi connectivity index (χ3n) is 5.42. The molecule has 196 valence electrons. The molecule has 38 heavy (non-hydrogen) atoms. The van der Waals surface area contributed by atoms with E-state index in [4.69, 9.17) is 14.2 Å². The van der Waals surface area contributed by atoms with Gasteiger partial charge in [0.05, 0.1) is 18.6 Å². The molecule has 1 heterocycles. The first-order chi connectivity index (χ1) is 18.4. The molecule has 1 fully saturated rings. The van der Waals surface area contributed by atoms with Crippen molar-refractivity contribution in [1.82, 2.24) is 4.90 Å². The van der Waals surface area contributed by atoms with Crippen molar-refractivity contribution in [3.8, 4) is 17.2 Å². The second-order valence-electron chi connectivity index (χ2n) is 8.10. The van der Waals surface area contributed by atoms with Crippen molar-refractivity contribution in [3.63, 3.8) is 0 Å². The summed E-state index contributed by atoms with van der Waals surface area (Å²) in [6.45, 7) is 2.03. The van der Waals surface area contributed by atoms with Crippen LogP contribution in [0.25, 0.3) is 6.08 Å². The maximum Gasteiger partial charge on any atom is 0.294 e. The summed E-state index contributed by atoms with van der Waals surface area (Å²) >= 11 is 0.761. The number of methoxy groups -OCH3 is 1. The minimum absolute atomic E-state index is 0.190. The standard InChI is InChI=1S/C28H25FN2O6S/c1-3-36-24-14-19(6-13-23(24)37-17-18-4-7-20(29)8-5-18)15-25-27(33)31(28(34)38-25)16-26(32)30-21-9-11-22(35-2)12-10-21/h4-15H,3,16-17H2,1-2H3,(H,30,32)/b25-15-. The Balaban J connectivity index is 1.42. The van der Waals surface area contributed by atoms with Gasteiger partial charge in [-0.2, -0.15) is 0 Å². The lowest BCUT2D eigenvalue weighted by Gasteiger charge is -2.13. The Bertz CT molecular complexity index is 1360. The summed E-state index contributed by atoms with van der Waals surface area (Å²) in [5.41, 5.74) is 1.93. The molecular formula is C28H25FN2O6S. The number of anilines is 1. The van der Waals surface area contributed by atoms with E-state index in [1.54, 1.807) is 60.7 Å². The van der Waals surface area contributed by atoms with Crippen LogP contribution in [0.4, 0.5) is 14.9 Å². The Morgan fingerprint density at radius 3 is 2.42 bits per heavy atom. The number of imide groups is 1. The molecule has 4 rings (SSSR count). The van der Waals surface area contributed by atoms with E-state index in [0.29, 0.717) is 35.1 Å². The number of carbonyl (C=O) groups excluding carboxylic acids is 3. The molecule has 0 radical (unpaired) electrons. The number of benzene rings is 3. The van der Waals surface area contributed by atoms with Crippen LogP contribution in [0.1, 0.15) is 18.1 Å². The third kappa shape index (κ3) is 6.71. The highest BCUT2D eigenvalue weighted by atomic mass is 32.2. The molecule has 0 bridgehead atoms. The fraction of sp³-hybridized carbons (Fsp3) is 0.179. The molecule has 3 amide bonds. The summed E-state index contributed by atoms with van der Waals surface area (Å²) < 4.78 is 29.8. The molecule has 1 aliphatic heterocycles. The Morgan fingerprint density at radius 2 is 1.74 bits per heavy atom. The van der Waals surface area contributed by atoms with Crippen LogP contribution in [0.3, 0.4) is 0 Å². The predicted molar refractivity (Wildman–Crippen MR) is 143 cm³/mol. The molecular weight excluding hydrogens is 511 g/mol. The largest absolute Gasteiger partial charge is 0.497 e. The number of hydrogen-bond acceptors (Lipinski definition) is 7. The zero-order chi connectivity index (χ0) is 27.1. The highest BCUT2D eigenvalue weighted by Crippen LogP contribution is 2.35. The lowest BCUT2D eigenvalue weighted by molar-refractivity contribution is -0.127. The van der Waals surface area contributed by atoms with E-state index < -0.39 is 23.6 Å². The number of amides is 3. The number of carbonyl (C=O) groups is 3. The third-order valence-corrected chi connectivity index (χ3v) is 6.33. The first kappa shape index (κ1) is 26.7. The lowest BCUT2D eigenvalue weighted by Crippen LogP contribution is -2.36. The fourth-order valence-electron chi connectivity index (χ4n) is 3.55. The maximum atomic E-state index is 13.1. The van der Waals surface area contributed by atoms with Gasteiger partial charge in [0.1, 0.15) is 24.7 Å². The van der Waals surface area contributed by atoms with E-state index in [2.05, 4.69) is 5.32 Å². The Kier molecular flexibility index (Phi) is 8.65. The van der Waals surface area contributed by atoms with Gasteiger partial charge in [-0.15, -0.1) is 0 Å². The SMILES string of the molecule is CCOc1cc(/C=C2\SC(=O)N(CC(=O)Nc3ccc(OC)cc3)C2=O)ccc1OCc1ccc(F)cc1. The molecule has 1 saturated heterocycles. The van der Waals surface area contributed by atoms with Crippen molar-refractivity contribution in [2.45, 2.75) is 13.5 Å². The van der Waals surface area contributed by atoms with Crippen LogP contribution in [0.5, 0.6) is 17.2 Å². The van der Waals surface area contributed by atoms with Crippen LogP contribution >= 0.6 is 11.8 Å². The zero-order valence-corrected chi connectivity index (χ0v) is 21.5. The van der Waals surface area contributed by atoms with E-state index in [0.717, 1.165) is 22.2 Å². The van der Waals surface area contributed by atoms with Gasteiger partial charge in [0, 0.05) is 5.69 Å². The van der Waals surface area contributed by atoms with E-state index in [-0.39, 0.29) is 17.3 Å². The first-order valence-electron chi connectivity index (χ1n) is 11.7. The Morgan fingerprint density at radius 1 is 1.00 bits per heavy atom. The molecule has 8 nitrogen and oxygen atoms in total. The highest BCUT2D eigenvalue weighted by Gasteiger charge is 2.36. The molecule has 3 aromatic rings. The highest BCUT2D eigenvalue weighted by molar-refractivity contribution is 8.18. The molecule has 0 aromatic heterocycles. The maximum absolute atomic E-state index is 13.1. The van der Waals surface area contributed by atoms with Crippen molar-refractivity contribution in [1.29, 1.82) is 0 Å². The van der Waals surface area contributed by atoms with E-state index >= 15 is 0 Å². The van der Waals surface area contributed by atoms with Crippen molar-refractivity contribution < 1.29 is 33.0 Å². The first-order valence-corrected chi connectivity index (χ1v) is 12.5. The van der Waals surface area contributed by atoms with Gasteiger partial charge in [-0.25, -0.2) is 4.39 Å². The van der Waals surface area contributed by atoms with Gasteiger partial charge in [-0.1, -0.05) is 18.2 Å². The second-order valence-corrected chi connectivity index (χ2v) is 9.09. The van der Waals surface area contributed by atoms with Crippen LogP contribution in [0.15, 0.2) is 71.6 Å². The van der Waals surface area contributed by atoms with E-state index in [1.165, 1.54) is 19.2 Å². The monoisotopic (exact) mass is 536 g/mol. The van der Waals surface area contributed by atoms with Crippen LogP contribution in [0, 0.1) is 5.82 Å². The molecule has 3 aromatic carbocycles. The van der Waals surface area contributed by atoms with Gasteiger partial charge in [0.15, 0.2) is 11.5 Å². The zero-order valence-electron chi connectivity index (χ0n) is 20.7. The molecule has 0 spiro atoms. The van der Waals surface area contributed by atoms with Gasteiger partial charge in [-0.05, 0) is 84.4 Å². The van der Waals surface area contributed by atoms with E-state index in [9.17, 15) is 18.8 Å². The molecule has 1 N–H and O–H groups in total. The number of rotatable bonds is 10.